The van der Waals surface area contributed by atoms with Crippen molar-refractivity contribution in [3.05, 3.63) is 24.2 Å². The van der Waals surface area contributed by atoms with Gasteiger partial charge in [0.2, 0.25) is 11.8 Å². The van der Waals surface area contributed by atoms with Gasteiger partial charge in [0.05, 0.1) is 19.4 Å². The number of halogens is 3. The van der Waals surface area contributed by atoms with Crippen molar-refractivity contribution in [2.75, 3.05) is 32.7 Å². The molecule has 2 rings (SSSR count). The highest BCUT2D eigenvalue weighted by Gasteiger charge is 2.34. The predicted octanol–water partition coefficient (Wildman–Crippen LogP) is 0.992. The first-order valence-corrected chi connectivity index (χ1v) is 7.19. The second kappa shape index (κ2) is 7.49. The lowest BCUT2D eigenvalue weighted by molar-refractivity contribution is -0.162. The Labute approximate surface area is 131 Å². The maximum absolute atomic E-state index is 12.2. The summed E-state index contributed by atoms with van der Waals surface area (Å²) in [7, 11) is 0. The molecule has 1 N–H and O–H groups in total. The number of piperazine rings is 1. The van der Waals surface area contributed by atoms with Crippen molar-refractivity contribution >= 4 is 11.8 Å². The van der Waals surface area contributed by atoms with Gasteiger partial charge in [-0.3, -0.25) is 14.5 Å². The maximum atomic E-state index is 12.2. The fraction of sp³-hybridized carbons (Fsp3) is 0.571. The third-order valence-electron chi connectivity index (χ3n) is 3.48. The summed E-state index contributed by atoms with van der Waals surface area (Å²) in [6.07, 6.45) is -4.41. The number of carbonyl (C=O) groups is 2. The summed E-state index contributed by atoms with van der Waals surface area (Å²) >= 11 is 0. The van der Waals surface area contributed by atoms with Gasteiger partial charge in [-0.2, -0.15) is 13.2 Å². The van der Waals surface area contributed by atoms with Crippen molar-refractivity contribution in [2.45, 2.75) is 19.1 Å². The van der Waals surface area contributed by atoms with E-state index in [2.05, 4.69) is 5.32 Å². The first-order chi connectivity index (χ1) is 10.8. The number of amides is 2. The number of nitrogens with one attached hydrogen (secondary N) is 1. The Morgan fingerprint density at radius 1 is 1.22 bits per heavy atom. The predicted molar refractivity (Wildman–Crippen MR) is 74.2 cm³/mol. The van der Waals surface area contributed by atoms with Crippen LogP contribution in [-0.2, 0) is 16.1 Å². The van der Waals surface area contributed by atoms with Crippen molar-refractivity contribution in [1.82, 2.24) is 15.1 Å². The van der Waals surface area contributed by atoms with Crippen molar-refractivity contribution in [1.29, 1.82) is 0 Å². The second-order valence-electron chi connectivity index (χ2n) is 5.30. The van der Waals surface area contributed by atoms with Crippen LogP contribution < -0.4 is 5.32 Å². The van der Waals surface area contributed by atoms with Crippen LogP contribution in [0.1, 0.15) is 12.2 Å². The van der Waals surface area contributed by atoms with Gasteiger partial charge < -0.3 is 14.6 Å². The Morgan fingerprint density at radius 2 is 1.91 bits per heavy atom. The summed E-state index contributed by atoms with van der Waals surface area (Å²) in [4.78, 5) is 26.2. The Morgan fingerprint density at radius 3 is 2.48 bits per heavy atom. The molecular weight excluding hydrogens is 315 g/mol. The topological polar surface area (TPSA) is 65.8 Å². The van der Waals surface area contributed by atoms with Gasteiger partial charge in [-0.05, 0) is 12.1 Å². The fourth-order valence-electron chi connectivity index (χ4n) is 2.30. The lowest BCUT2D eigenvalue weighted by atomic mass is 10.2. The molecule has 128 valence electrons. The Kier molecular flexibility index (Phi) is 5.64. The van der Waals surface area contributed by atoms with Gasteiger partial charge >= 0.3 is 6.18 Å². The minimum Gasteiger partial charge on any atom is -0.467 e. The quantitative estimate of drug-likeness (QED) is 0.873. The van der Waals surface area contributed by atoms with Crippen LogP contribution >= 0.6 is 0 Å². The summed E-state index contributed by atoms with van der Waals surface area (Å²) in [5.74, 6) is -0.475. The molecule has 0 unspecified atom stereocenters. The van der Waals surface area contributed by atoms with E-state index >= 15 is 0 Å². The van der Waals surface area contributed by atoms with Crippen molar-refractivity contribution in [2.24, 2.45) is 0 Å². The zero-order chi connectivity index (χ0) is 16.9. The smallest absolute Gasteiger partial charge is 0.397 e. The van der Waals surface area contributed by atoms with Crippen LogP contribution in [0.3, 0.4) is 0 Å². The minimum absolute atomic E-state index is 0.141. The molecule has 0 saturated carbocycles. The molecule has 23 heavy (non-hydrogen) atoms. The standard InChI is InChI=1S/C14H18F3N3O3/c15-14(16,17)8-13(22)20-5-3-19(4-6-20)10-12(21)18-9-11-2-1-7-23-11/h1-2,7H,3-6,8-10H2,(H,18,21). The summed E-state index contributed by atoms with van der Waals surface area (Å²) in [6, 6.07) is 3.46. The van der Waals surface area contributed by atoms with Crippen LogP contribution in [0.5, 0.6) is 0 Å². The van der Waals surface area contributed by atoms with Gasteiger partial charge in [0.15, 0.2) is 0 Å². The van der Waals surface area contributed by atoms with E-state index in [1.54, 1.807) is 17.0 Å². The molecular formula is C14H18F3N3O3. The van der Waals surface area contributed by atoms with Crippen molar-refractivity contribution < 1.29 is 27.2 Å². The molecule has 9 heteroatoms. The van der Waals surface area contributed by atoms with Gasteiger partial charge in [-0.25, -0.2) is 0 Å². The second-order valence-corrected chi connectivity index (χ2v) is 5.30. The van der Waals surface area contributed by atoms with Crippen LogP contribution in [0.2, 0.25) is 0 Å². The normalized spacial score (nSPS) is 16.4. The highest BCUT2D eigenvalue weighted by Crippen LogP contribution is 2.21. The van der Waals surface area contributed by atoms with Crippen molar-refractivity contribution in [3.8, 4) is 0 Å². The van der Waals surface area contributed by atoms with E-state index in [1.165, 1.54) is 11.2 Å². The van der Waals surface area contributed by atoms with Crippen LogP contribution in [0.4, 0.5) is 13.2 Å². The molecule has 2 heterocycles. The largest absolute Gasteiger partial charge is 0.467 e. The lowest BCUT2D eigenvalue weighted by Crippen LogP contribution is -2.51. The van der Waals surface area contributed by atoms with Crippen LogP contribution in [0, 0.1) is 0 Å². The number of alkyl halides is 3. The summed E-state index contributed by atoms with van der Waals surface area (Å²) in [5, 5.41) is 2.69. The van der Waals surface area contributed by atoms with E-state index in [4.69, 9.17) is 4.42 Å². The lowest BCUT2D eigenvalue weighted by Gasteiger charge is -2.34. The highest BCUT2D eigenvalue weighted by molar-refractivity contribution is 5.78. The summed E-state index contributed by atoms with van der Waals surface area (Å²) in [5.41, 5.74) is 0. The average Bonchev–Trinajstić information content (AvgIpc) is 2.97. The molecule has 2 amide bonds. The maximum Gasteiger partial charge on any atom is 0.397 e. The van der Waals surface area contributed by atoms with Crippen LogP contribution in [0.25, 0.3) is 0 Å². The first-order valence-electron chi connectivity index (χ1n) is 7.19. The molecule has 1 aliphatic rings. The molecule has 0 aliphatic carbocycles. The number of furan rings is 1. The van der Waals surface area contributed by atoms with Gasteiger partial charge in [0.25, 0.3) is 0 Å². The number of hydrogen-bond donors (Lipinski definition) is 1. The van der Waals surface area contributed by atoms with Crippen LogP contribution in [0.15, 0.2) is 22.8 Å². The van der Waals surface area contributed by atoms with Crippen LogP contribution in [-0.4, -0.2) is 60.5 Å². The van der Waals surface area contributed by atoms with E-state index in [-0.39, 0.29) is 32.1 Å². The van der Waals surface area contributed by atoms with Gasteiger partial charge in [0, 0.05) is 26.2 Å². The molecule has 0 spiro atoms. The monoisotopic (exact) mass is 333 g/mol. The minimum atomic E-state index is -4.49. The van der Waals surface area contributed by atoms with Gasteiger partial charge in [-0.1, -0.05) is 0 Å². The Bertz CT molecular complexity index is 523. The summed E-state index contributed by atoms with van der Waals surface area (Å²) in [6.45, 7) is 1.56. The molecule has 6 nitrogen and oxygen atoms in total. The third kappa shape index (κ3) is 5.93. The third-order valence-corrected chi connectivity index (χ3v) is 3.48. The van der Waals surface area contributed by atoms with Gasteiger partial charge in [0.1, 0.15) is 12.2 Å². The van der Waals surface area contributed by atoms with E-state index in [1.807, 2.05) is 0 Å². The molecule has 0 atom stereocenters. The van der Waals surface area contributed by atoms with E-state index < -0.39 is 18.5 Å². The average molecular weight is 333 g/mol. The zero-order valence-corrected chi connectivity index (χ0v) is 12.4. The highest BCUT2D eigenvalue weighted by atomic mass is 19.4. The summed E-state index contributed by atoms with van der Waals surface area (Å²) < 4.78 is 41.7. The molecule has 0 radical (unpaired) electrons. The SMILES string of the molecule is O=C(CN1CCN(C(=O)CC(F)(F)F)CC1)NCc1ccco1. The molecule has 0 aromatic carbocycles. The molecule has 0 bridgehead atoms. The number of nitrogens with zero attached hydrogens (tertiary/aromatic N) is 2. The molecule has 1 fully saturated rings. The number of carbonyl (C=O) groups excluding carboxylic acids is 2. The molecule has 1 aliphatic heterocycles. The Hall–Kier alpha value is -2.03. The molecule has 1 aromatic rings. The van der Waals surface area contributed by atoms with Crippen molar-refractivity contribution in [3.63, 3.8) is 0 Å². The zero-order valence-electron chi connectivity index (χ0n) is 12.4. The van der Waals surface area contributed by atoms with E-state index in [0.717, 1.165) is 0 Å². The van der Waals surface area contributed by atoms with E-state index in [0.29, 0.717) is 18.8 Å². The number of hydrogen-bond acceptors (Lipinski definition) is 4. The molecule has 1 aromatic heterocycles. The van der Waals surface area contributed by atoms with Gasteiger partial charge in [-0.15, -0.1) is 0 Å². The Balaban J connectivity index is 1.68. The fourth-order valence-corrected chi connectivity index (χ4v) is 2.30. The molecule has 1 saturated heterocycles. The first kappa shape index (κ1) is 17.3. The number of rotatable bonds is 5. The van der Waals surface area contributed by atoms with E-state index in [9.17, 15) is 22.8 Å².